The summed E-state index contributed by atoms with van der Waals surface area (Å²) in [7, 11) is 1.58. The number of halogens is 1. The molecular weight excluding hydrogens is 216 g/mol. The van der Waals surface area contributed by atoms with Gasteiger partial charge in [0.05, 0.1) is 20.1 Å². The zero-order valence-electron chi connectivity index (χ0n) is 8.75. The number of hydrogen-bond donors (Lipinski definition) is 0. The third-order valence-electron chi connectivity index (χ3n) is 1.90. The predicted molar refractivity (Wildman–Crippen MR) is 58.7 cm³/mol. The molecule has 0 aliphatic carbocycles. The van der Waals surface area contributed by atoms with Crippen LogP contribution in [0.25, 0.3) is 0 Å². The first-order valence-electron chi connectivity index (χ1n) is 4.65. The first kappa shape index (κ1) is 11.9. The van der Waals surface area contributed by atoms with Crippen LogP contribution in [0.4, 0.5) is 0 Å². The maximum Gasteiger partial charge on any atom is 0.226 e. The number of rotatable bonds is 5. The van der Waals surface area contributed by atoms with Crippen LogP contribution in [0, 0.1) is 0 Å². The van der Waals surface area contributed by atoms with Gasteiger partial charge in [-0.25, -0.2) is 0 Å². The van der Waals surface area contributed by atoms with Crippen LogP contribution in [0.2, 0.25) is 0 Å². The van der Waals surface area contributed by atoms with Crippen molar-refractivity contribution in [2.24, 2.45) is 0 Å². The average molecular weight is 229 g/mol. The molecule has 0 aliphatic rings. The summed E-state index contributed by atoms with van der Waals surface area (Å²) >= 11 is 5.33. The molecule has 0 fully saturated rings. The van der Waals surface area contributed by atoms with Crippen LogP contribution >= 0.6 is 11.6 Å². The van der Waals surface area contributed by atoms with Crippen molar-refractivity contribution in [2.45, 2.75) is 13.3 Å². The van der Waals surface area contributed by atoms with E-state index in [1.165, 1.54) is 0 Å². The van der Waals surface area contributed by atoms with Gasteiger partial charge in [0.1, 0.15) is 11.5 Å². The number of carbonyl (C=O) groups excluding carboxylic acids is 1. The maximum absolute atomic E-state index is 10.8. The minimum atomic E-state index is -0.402. The summed E-state index contributed by atoms with van der Waals surface area (Å²) in [4.78, 5) is 10.8. The van der Waals surface area contributed by atoms with Crippen LogP contribution < -0.4 is 9.47 Å². The quantitative estimate of drug-likeness (QED) is 0.726. The van der Waals surface area contributed by atoms with Crippen molar-refractivity contribution in [3.63, 3.8) is 0 Å². The van der Waals surface area contributed by atoms with Crippen molar-refractivity contribution < 1.29 is 14.3 Å². The topological polar surface area (TPSA) is 35.5 Å². The van der Waals surface area contributed by atoms with Crippen molar-refractivity contribution in [1.29, 1.82) is 0 Å². The molecule has 0 saturated heterocycles. The number of methoxy groups -OCH3 is 1. The van der Waals surface area contributed by atoms with Gasteiger partial charge in [-0.05, 0) is 24.6 Å². The van der Waals surface area contributed by atoms with Crippen molar-refractivity contribution in [3.8, 4) is 11.5 Å². The molecule has 0 atom stereocenters. The molecule has 0 radical (unpaired) electrons. The third kappa shape index (κ3) is 3.44. The minimum absolute atomic E-state index is 0.168. The van der Waals surface area contributed by atoms with Gasteiger partial charge in [-0.1, -0.05) is 6.07 Å². The molecule has 0 saturated carbocycles. The summed E-state index contributed by atoms with van der Waals surface area (Å²) < 4.78 is 10.5. The van der Waals surface area contributed by atoms with E-state index in [9.17, 15) is 4.79 Å². The van der Waals surface area contributed by atoms with Gasteiger partial charge < -0.3 is 9.47 Å². The Morgan fingerprint density at radius 3 is 2.73 bits per heavy atom. The number of hydrogen-bond acceptors (Lipinski definition) is 3. The molecule has 1 aromatic carbocycles. The minimum Gasteiger partial charge on any atom is -0.497 e. The Morgan fingerprint density at radius 1 is 1.47 bits per heavy atom. The molecule has 1 aromatic rings. The van der Waals surface area contributed by atoms with E-state index >= 15 is 0 Å². The average Bonchev–Trinajstić information content (AvgIpc) is 2.20. The molecule has 3 nitrogen and oxygen atoms in total. The highest BCUT2D eigenvalue weighted by Crippen LogP contribution is 2.25. The Bertz CT molecular complexity index is 350. The Hall–Kier alpha value is -1.22. The summed E-state index contributed by atoms with van der Waals surface area (Å²) in [6.07, 6.45) is 0.168. The van der Waals surface area contributed by atoms with Gasteiger partial charge >= 0.3 is 0 Å². The number of benzene rings is 1. The molecule has 15 heavy (non-hydrogen) atoms. The first-order valence-corrected chi connectivity index (χ1v) is 5.03. The first-order chi connectivity index (χ1) is 7.17. The predicted octanol–water partition coefficient (Wildman–Crippen LogP) is 2.40. The monoisotopic (exact) mass is 228 g/mol. The fraction of sp³-hybridized carbons (Fsp3) is 0.364. The molecule has 0 N–H and O–H groups in total. The second kappa shape index (κ2) is 5.61. The molecule has 0 aliphatic heterocycles. The largest absolute Gasteiger partial charge is 0.497 e. The standard InChI is InChI=1S/C11H13ClO3/c1-3-15-10-7-9(14-2)5-4-8(10)6-11(12)13/h4-5,7H,3,6H2,1-2H3. The lowest BCUT2D eigenvalue weighted by molar-refractivity contribution is -0.111. The SMILES string of the molecule is CCOc1cc(OC)ccc1CC(=O)Cl. The lowest BCUT2D eigenvalue weighted by atomic mass is 10.1. The second-order valence-corrected chi connectivity index (χ2v) is 3.36. The fourth-order valence-corrected chi connectivity index (χ4v) is 1.39. The van der Waals surface area contributed by atoms with Crippen LogP contribution in [-0.2, 0) is 11.2 Å². The zero-order chi connectivity index (χ0) is 11.3. The van der Waals surface area contributed by atoms with Gasteiger partial charge in [0, 0.05) is 11.6 Å². The highest BCUT2D eigenvalue weighted by molar-refractivity contribution is 6.63. The number of ether oxygens (including phenoxy) is 2. The number of carbonyl (C=O) groups is 1. The van der Waals surface area contributed by atoms with E-state index in [0.29, 0.717) is 18.1 Å². The zero-order valence-corrected chi connectivity index (χ0v) is 9.50. The third-order valence-corrected chi connectivity index (χ3v) is 2.04. The van der Waals surface area contributed by atoms with Crippen molar-refractivity contribution in [3.05, 3.63) is 23.8 Å². The van der Waals surface area contributed by atoms with E-state index in [4.69, 9.17) is 21.1 Å². The summed E-state index contributed by atoms with van der Waals surface area (Å²) in [5.74, 6) is 1.34. The van der Waals surface area contributed by atoms with E-state index in [2.05, 4.69) is 0 Å². The van der Waals surface area contributed by atoms with Gasteiger partial charge in [-0.3, -0.25) is 4.79 Å². The Labute approximate surface area is 93.9 Å². The maximum atomic E-state index is 10.8. The summed E-state index contributed by atoms with van der Waals surface area (Å²) in [5, 5.41) is -0.402. The summed E-state index contributed by atoms with van der Waals surface area (Å²) in [5.41, 5.74) is 0.776. The Kier molecular flexibility index (Phi) is 4.43. The molecule has 0 heterocycles. The highest BCUT2D eigenvalue weighted by atomic mass is 35.5. The van der Waals surface area contributed by atoms with Gasteiger partial charge in [0.25, 0.3) is 0 Å². The lowest BCUT2D eigenvalue weighted by Crippen LogP contribution is -2.00. The molecule has 1 rings (SSSR count). The van der Waals surface area contributed by atoms with Crippen LogP contribution in [-0.4, -0.2) is 19.0 Å². The Morgan fingerprint density at radius 2 is 2.20 bits per heavy atom. The van der Waals surface area contributed by atoms with Crippen LogP contribution in [0.5, 0.6) is 11.5 Å². The van der Waals surface area contributed by atoms with E-state index < -0.39 is 5.24 Å². The molecule has 0 bridgehead atoms. The summed E-state index contributed by atoms with van der Waals surface area (Å²) in [6, 6.07) is 5.31. The second-order valence-electron chi connectivity index (χ2n) is 2.94. The van der Waals surface area contributed by atoms with Gasteiger partial charge in [0.15, 0.2) is 0 Å². The molecule has 0 unspecified atom stereocenters. The van der Waals surface area contributed by atoms with Gasteiger partial charge in [-0.15, -0.1) is 0 Å². The Balaban J connectivity index is 2.97. The highest BCUT2D eigenvalue weighted by Gasteiger charge is 2.08. The smallest absolute Gasteiger partial charge is 0.226 e. The van der Waals surface area contributed by atoms with Crippen LogP contribution in [0.15, 0.2) is 18.2 Å². The van der Waals surface area contributed by atoms with Crippen molar-refractivity contribution in [2.75, 3.05) is 13.7 Å². The lowest BCUT2D eigenvalue weighted by Gasteiger charge is -2.10. The van der Waals surface area contributed by atoms with E-state index in [1.54, 1.807) is 25.3 Å². The molecule has 82 valence electrons. The van der Waals surface area contributed by atoms with E-state index in [-0.39, 0.29) is 6.42 Å². The van der Waals surface area contributed by atoms with E-state index in [0.717, 1.165) is 5.56 Å². The molecule has 4 heteroatoms. The van der Waals surface area contributed by atoms with Crippen LogP contribution in [0.1, 0.15) is 12.5 Å². The van der Waals surface area contributed by atoms with Crippen molar-refractivity contribution in [1.82, 2.24) is 0 Å². The molecular formula is C11H13ClO3. The van der Waals surface area contributed by atoms with Crippen molar-refractivity contribution >= 4 is 16.8 Å². The van der Waals surface area contributed by atoms with E-state index in [1.807, 2.05) is 6.92 Å². The van der Waals surface area contributed by atoms with Gasteiger partial charge in [-0.2, -0.15) is 0 Å². The van der Waals surface area contributed by atoms with Gasteiger partial charge in [0.2, 0.25) is 5.24 Å². The molecule has 0 aromatic heterocycles. The molecule has 0 spiro atoms. The summed E-state index contributed by atoms with van der Waals surface area (Å²) in [6.45, 7) is 2.42. The molecule has 0 amide bonds. The van der Waals surface area contributed by atoms with Crippen LogP contribution in [0.3, 0.4) is 0 Å². The fourth-order valence-electron chi connectivity index (χ4n) is 1.25. The normalized spacial score (nSPS) is 9.80.